The average Bonchev–Trinajstić information content (AvgIpc) is 2.69. The van der Waals surface area contributed by atoms with E-state index in [2.05, 4.69) is 4.90 Å². The van der Waals surface area contributed by atoms with Crippen LogP contribution in [0.3, 0.4) is 0 Å². The van der Waals surface area contributed by atoms with Crippen LogP contribution < -0.4 is 5.73 Å². The van der Waals surface area contributed by atoms with Gasteiger partial charge in [0.05, 0.1) is 12.3 Å². The summed E-state index contributed by atoms with van der Waals surface area (Å²) in [7, 11) is 1.97. The topological polar surface area (TPSA) is 52.7 Å². The Hall–Kier alpha value is -0.160. The van der Waals surface area contributed by atoms with Gasteiger partial charge in [-0.25, -0.2) is 0 Å². The largest absolute Gasteiger partial charge is 0.390 e. The van der Waals surface area contributed by atoms with Crippen molar-refractivity contribution in [3.8, 4) is 0 Å². The van der Waals surface area contributed by atoms with Crippen LogP contribution >= 0.6 is 0 Å². The molecule has 1 saturated heterocycles. The minimum atomic E-state index is -0.457. The van der Waals surface area contributed by atoms with Crippen LogP contribution in [0.5, 0.6) is 0 Å². The van der Waals surface area contributed by atoms with Gasteiger partial charge in [-0.3, -0.25) is 4.90 Å². The highest BCUT2D eigenvalue weighted by molar-refractivity contribution is 4.70. The first kappa shape index (κ1) is 12.9. The molecule has 0 radical (unpaired) electrons. The standard InChI is InChI=1S/C11H25N3O/c1-10(15)11(12)13(2)6-5-9-14-7-3-4-8-14/h10-11,15H,3-9,12H2,1-2H3. The fourth-order valence-corrected chi connectivity index (χ4v) is 2.07. The molecule has 1 fully saturated rings. The number of hydrogen-bond donors (Lipinski definition) is 2. The third kappa shape index (κ3) is 4.47. The highest BCUT2D eigenvalue weighted by Crippen LogP contribution is 2.07. The van der Waals surface area contributed by atoms with Crippen LogP contribution in [0.1, 0.15) is 26.2 Å². The van der Waals surface area contributed by atoms with Gasteiger partial charge >= 0.3 is 0 Å². The van der Waals surface area contributed by atoms with Crippen LogP contribution in [0, 0.1) is 0 Å². The molecule has 4 nitrogen and oxygen atoms in total. The molecular formula is C11H25N3O. The maximum atomic E-state index is 9.33. The second kappa shape index (κ2) is 6.43. The molecule has 1 aliphatic heterocycles. The summed E-state index contributed by atoms with van der Waals surface area (Å²) in [5.41, 5.74) is 5.82. The summed E-state index contributed by atoms with van der Waals surface area (Å²) < 4.78 is 0. The Morgan fingerprint density at radius 3 is 2.53 bits per heavy atom. The second-order valence-electron chi connectivity index (χ2n) is 4.61. The molecule has 0 aromatic carbocycles. The van der Waals surface area contributed by atoms with Gasteiger partial charge in [-0.05, 0) is 52.9 Å². The van der Waals surface area contributed by atoms with E-state index in [4.69, 9.17) is 5.73 Å². The summed E-state index contributed by atoms with van der Waals surface area (Å²) in [6, 6.07) is 0. The number of nitrogens with zero attached hydrogens (tertiary/aromatic N) is 2. The molecule has 0 aromatic rings. The number of aliphatic hydroxyl groups is 1. The lowest BCUT2D eigenvalue weighted by molar-refractivity contribution is 0.0776. The van der Waals surface area contributed by atoms with E-state index in [1.165, 1.54) is 25.9 Å². The lowest BCUT2D eigenvalue weighted by atomic mass is 10.2. The molecule has 2 unspecified atom stereocenters. The number of likely N-dealkylation sites (N-methyl/N-ethyl adjacent to an activating group) is 1. The van der Waals surface area contributed by atoms with Crippen LogP contribution in [-0.4, -0.2) is 60.4 Å². The van der Waals surface area contributed by atoms with E-state index >= 15 is 0 Å². The first-order valence-electron chi connectivity index (χ1n) is 5.97. The second-order valence-corrected chi connectivity index (χ2v) is 4.61. The first-order valence-corrected chi connectivity index (χ1v) is 5.97. The Labute approximate surface area is 93.0 Å². The normalized spacial score (nSPS) is 22.2. The van der Waals surface area contributed by atoms with Crippen molar-refractivity contribution in [2.24, 2.45) is 5.73 Å². The first-order chi connectivity index (χ1) is 7.11. The fourth-order valence-electron chi connectivity index (χ4n) is 2.07. The predicted octanol–water partition coefficient (Wildman–Crippen LogP) is 0.0697. The molecule has 3 N–H and O–H groups in total. The number of nitrogens with two attached hydrogens (primary N) is 1. The van der Waals surface area contributed by atoms with E-state index in [1.54, 1.807) is 6.92 Å². The highest BCUT2D eigenvalue weighted by Gasteiger charge is 2.15. The molecule has 1 rings (SSSR count). The summed E-state index contributed by atoms with van der Waals surface area (Å²) >= 11 is 0. The SMILES string of the molecule is CC(O)C(N)N(C)CCCN1CCCC1. The smallest absolute Gasteiger partial charge is 0.0834 e. The van der Waals surface area contributed by atoms with Crippen molar-refractivity contribution in [3.63, 3.8) is 0 Å². The molecular weight excluding hydrogens is 190 g/mol. The van der Waals surface area contributed by atoms with Gasteiger partial charge in [-0.15, -0.1) is 0 Å². The number of hydrogen-bond acceptors (Lipinski definition) is 4. The van der Waals surface area contributed by atoms with Crippen molar-refractivity contribution in [1.82, 2.24) is 9.80 Å². The Bertz CT molecular complexity index is 169. The molecule has 0 bridgehead atoms. The monoisotopic (exact) mass is 215 g/mol. The van der Waals surface area contributed by atoms with Crippen LogP contribution in [0.25, 0.3) is 0 Å². The minimum absolute atomic E-state index is 0.233. The van der Waals surface area contributed by atoms with Gasteiger partial charge in [-0.1, -0.05) is 0 Å². The van der Waals surface area contributed by atoms with Crippen molar-refractivity contribution in [1.29, 1.82) is 0 Å². The number of aliphatic hydroxyl groups excluding tert-OH is 1. The summed E-state index contributed by atoms with van der Waals surface area (Å²) in [6.07, 6.45) is 3.15. The molecule has 0 aliphatic carbocycles. The summed E-state index contributed by atoms with van der Waals surface area (Å²) in [4.78, 5) is 4.53. The van der Waals surface area contributed by atoms with E-state index in [1.807, 2.05) is 11.9 Å². The van der Waals surface area contributed by atoms with Crippen molar-refractivity contribution in [2.45, 2.75) is 38.5 Å². The summed E-state index contributed by atoms with van der Waals surface area (Å²) in [5, 5.41) is 9.33. The Balaban J connectivity index is 2.08. The third-order valence-electron chi connectivity index (χ3n) is 3.19. The van der Waals surface area contributed by atoms with Crippen LogP contribution in [0.15, 0.2) is 0 Å². The average molecular weight is 215 g/mol. The van der Waals surface area contributed by atoms with Gasteiger partial charge < -0.3 is 15.7 Å². The molecule has 0 spiro atoms. The fraction of sp³-hybridized carbons (Fsp3) is 1.00. The Morgan fingerprint density at radius 2 is 2.00 bits per heavy atom. The van der Waals surface area contributed by atoms with Gasteiger partial charge in [0.15, 0.2) is 0 Å². The van der Waals surface area contributed by atoms with E-state index in [0.29, 0.717) is 0 Å². The maximum absolute atomic E-state index is 9.33. The van der Waals surface area contributed by atoms with Gasteiger partial charge in [0, 0.05) is 6.54 Å². The Morgan fingerprint density at radius 1 is 1.40 bits per heavy atom. The zero-order valence-electron chi connectivity index (χ0n) is 10.0. The van der Waals surface area contributed by atoms with E-state index < -0.39 is 6.10 Å². The molecule has 0 amide bonds. The van der Waals surface area contributed by atoms with E-state index in [9.17, 15) is 5.11 Å². The molecule has 1 aliphatic rings. The maximum Gasteiger partial charge on any atom is 0.0834 e. The van der Waals surface area contributed by atoms with Gasteiger partial charge in [0.1, 0.15) is 0 Å². The van der Waals surface area contributed by atoms with Crippen LogP contribution in [-0.2, 0) is 0 Å². The molecule has 2 atom stereocenters. The van der Waals surface area contributed by atoms with Gasteiger partial charge in [0.25, 0.3) is 0 Å². The third-order valence-corrected chi connectivity index (χ3v) is 3.19. The van der Waals surface area contributed by atoms with Gasteiger partial charge in [0.2, 0.25) is 0 Å². The molecule has 15 heavy (non-hydrogen) atoms. The molecule has 90 valence electrons. The van der Waals surface area contributed by atoms with E-state index in [0.717, 1.165) is 19.5 Å². The summed E-state index contributed by atoms with van der Waals surface area (Å²) in [6.45, 7) is 6.37. The number of likely N-dealkylation sites (tertiary alicyclic amines) is 1. The molecule has 0 aromatic heterocycles. The minimum Gasteiger partial charge on any atom is -0.390 e. The van der Waals surface area contributed by atoms with Crippen molar-refractivity contribution >= 4 is 0 Å². The quantitative estimate of drug-likeness (QED) is 0.616. The van der Waals surface area contributed by atoms with Gasteiger partial charge in [-0.2, -0.15) is 0 Å². The highest BCUT2D eigenvalue weighted by atomic mass is 16.3. The lowest BCUT2D eigenvalue weighted by Gasteiger charge is -2.27. The Kier molecular flexibility index (Phi) is 5.53. The van der Waals surface area contributed by atoms with Crippen LogP contribution in [0.2, 0.25) is 0 Å². The zero-order valence-corrected chi connectivity index (χ0v) is 10.0. The zero-order chi connectivity index (χ0) is 11.3. The van der Waals surface area contributed by atoms with Crippen molar-refractivity contribution in [2.75, 3.05) is 33.2 Å². The van der Waals surface area contributed by atoms with Crippen LogP contribution in [0.4, 0.5) is 0 Å². The predicted molar refractivity (Wildman–Crippen MR) is 62.6 cm³/mol. The molecule has 0 saturated carbocycles. The van der Waals surface area contributed by atoms with Crippen molar-refractivity contribution < 1.29 is 5.11 Å². The molecule has 4 heteroatoms. The summed E-state index contributed by atoms with van der Waals surface area (Å²) in [5.74, 6) is 0. The number of rotatable bonds is 6. The van der Waals surface area contributed by atoms with Crippen molar-refractivity contribution in [3.05, 3.63) is 0 Å². The van der Waals surface area contributed by atoms with E-state index in [-0.39, 0.29) is 6.17 Å². The lowest BCUT2D eigenvalue weighted by Crippen LogP contribution is -2.47. The molecule has 1 heterocycles.